The molecule has 4 N–H and O–H groups in total. The fourth-order valence-corrected chi connectivity index (χ4v) is 3.93. The lowest BCUT2D eigenvalue weighted by atomic mass is 10.0. The van der Waals surface area contributed by atoms with Gasteiger partial charge < -0.3 is 21.1 Å². The lowest BCUT2D eigenvalue weighted by Gasteiger charge is -2.15. The highest BCUT2D eigenvalue weighted by Gasteiger charge is 2.32. The molecule has 1 saturated heterocycles. The van der Waals surface area contributed by atoms with E-state index >= 15 is 0 Å². The first-order valence-corrected chi connectivity index (χ1v) is 11.4. The molecule has 9 heteroatoms. The second-order valence-electron chi connectivity index (χ2n) is 8.52. The van der Waals surface area contributed by atoms with E-state index < -0.39 is 18.0 Å². The molecule has 2 aromatic carbocycles. The van der Waals surface area contributed by atoms with Crippen LogP contribution < -0.4 is 21.3 Å². The van der Waals surface area contributed by atoms with Crippen LogP contribution in [-0.4, -0.2) is 44.0 Å². The Kier molecular flexibility index (Phi) is 7.57. The number of aliphatic imine (C=N–C) groups is 1. The molecule has 4 rings (SSSR count). The standard InChI is InChI=1S/C26H28FN5O3/c1-17(33)31-15-23-16-32(26(34)35-23)22-6-7-24(25(27)11-22)20-4-2-18(3-5-20)12-30-14-19-10-21(28)8-9-29-13-19/h2-9,11,13,23,30H,10,12,14-16,28H2,1H3,(H,31,33). The monoisotopic (exact) mass is 477 g/mol. The molecule has 0 bridgehead atoms. The summed E-state index contributed by atoms with van der Waals surface area (Å²) in [6, 6.07) is 12.3. The summed E-state index contributed by atoms with van der Waals surface area (Å²) < 4.78 is 20.2. The van der Waals surface area contributed by atoms with Gasteiger partial charge in [-0.25, -0.2) is 9.18 Å². The molecule has 0 spiro atoms. The molecule has 2 aromatic rings. The molecule has 0 aliphatic carbocycles. The largest absolute Gasteiger partial charge is 0.442 e. The first-order valence-electron chi connectivity index (χ1n) is 11.4. The van der Waals surface area contributed by atoms with Crippen LogP contribution in [0, 0.1) is 5.82 Å². The number of carbonyl (C=O) groups excluding carboxylic acids is 2. The Morgan fingerprint density at radius 1 is 1.23 bits per heavy atom. The van der Waals surface area contributed by atoms with E-state index in [0.29, 0.717) is 30.8 Å². The van der Waals surface area contributed by atoms with E-state index in [4.69, 9.17) is 10.5 Å². The maximum Gasteiger partial charge on any atom is 0.414 e. The molecule has 2 heterocycles. The van der Waals surface area contributed by atoms with Gasteiger partial charge in [0, 0.05) is 50.1 Å². The predicted octanol–water partition coefficient (Wildman–Crippen LogP) is 3.24. The first-order chi connectivity index (χ1) is 16.9. The zero-order valence-electron chi connectivity index (χ0n) is 19.5. The number of hydrogen-bond donors (Lipinski definition) is 3. The molecule has 182 valence electrons. The molecule has 2 aliphatic heterocycles. The number of nitrogens with zero attached hydrogens (tertiary/aromatic N) is 2. The van der Waals surface area contributed by atoms with E-state index in [-0.39, 0.29) is 19.0 Å². The molecule has 8 nitrogen and oxygen atoms in total. The van der Waals surface area contributed by atoms with Crippen molar-refractivity contribution in [1.29, 1.82) is 0 Å². The third-order valence-corrected chi connectivity index (χ3v) is 5.73. The second kappa shape index (κ2) is 11.0. The number of hydrogen-bond acceptors (Lipinski definition) is 6. The predicted molar refractivity (Wildman–Crippen MR) is 133 cm³/mol. The minimum absolute atomic E-state index is 0.203. The average molecular weight is 478 g/mol. The summed E-state index contributed by atoms with van der Waals surface area (Å²) in [5, 5.41) is 6.00. The number of ether oxygens (including phenoxy) is 1. The van der Waals surface area contributed by atoms with E-state index in [9.17, 15) is 14.0 Å². The Bertz CT molecular complexity index is 1190. The molecule has 35 heavy (non-hydrogen) atoms. The Hall–Kier alpha value is -3.98. The number of allylic oxidation sites excluding steroid dienone is 2. The normalized spacial score (nSPS) is 17.5. The van der Waals surface area contributed by atoms with Gasteiger partial charge in [-0.15, -0.1) is 0 Å². The minimum atomic E-state index is -0.561. The van der Waals surface area contributed by atoms with Crippen LogP contribution in [0.1, 0.15) is 18.9 Å². The van der Waals surface area contributed by atoms with E-state index in [2.05, 4.69) is 15.6 Å². The lowest BCUT2D eigenvalue weighted by molar-refractivity contribution is -0.119. The molecular formula is C26H28FN5O3. The van der Waals surface area contributed by atoms with E-state index in [1.165, 1.54) is 17.9 Å². The summed E-state index contributed by atoms with van der Waals surface area (Å²) in [6.07, 6.45) is 4.96. The lowest BCUT2D eigenvalue weighted by Crippen LogP contribution is -2.33. The van der Waals surface area contributed by atoms with Crippen molar-refractivity contribution >= 4 is 23.9 Å². The van der Waals surface area contributed by atoms with Crippen LogP contribution in [0.15, 0.2) is 71.0 Å². The van der Waals surface area contributed by atoms with Crippen molar-refractivity contribution in [3.8, 4) is 11.1 Å². The van der Waals surface area contributed by atoms with Crippen molar-refractivity contribution in [3.05, 3.63) is 77.4 Å². The van der Waals surface area contributed by atoms with Crippen molar-refractivity contribution in [2.24, 2.45) is 10.7 Å². The second-order valence-corrected chi connectivity index (χ2v) is 8.52. The van der Waals surface area contributed by atoms with Gasteiger partial charge in [0.15, 0.2) is 0 Å². The van der Waals surface area contributed by atoms with Gasteiger partial charge in [0.1, 0.15) is 11.9 Å². The van der Waals surface area contributed by atoms with Crippen LogP contribution in [0.5, 0.6) is 0 Å². The molecule has 1 fully saturated rings. The highest BCUT2D eigenvalue weighted by atomic mass is 19.1. The zero-order chi connectivity index (χ0) is 24.8. The number of cyclic esters (lactones) is 1. The van der Waals surface area contributed by atoms with Crippen molar-refractivity contribution in [1.82, 2.24) is 10.6 Å². The number of halogens is 1. The van der Waals surface area contributed by atoms with Gasteiger partial charge in [0.25, 0.3) is 0 Å². The van der Waals surface area contributed by atoms with Gasteiger partial charge in [-0.05, 0) is 41.0 Å². The summed E-state index contributed by atoms with van der Waals surface area (Å²) in [5.74, 6) is -0.635. The molecule has 0 radical (unpaired) electrons. The Balaban J connectivity index is 1.35. The molecule has 1 atom stereocenters. The highest BCUT2D eigenvalue weighted by Crippen LogP contribution is 2.29. The summed E-state index contributed by atoms with van der Waals surface area (Å²) >= 11 is 0. The molecule has 2 amide bonds. The smallest absolute Gasteiger partial charge is 0.414 e. The van der Waals surface area contributed by atoms with Gasteiger partial charge in [0.2, 0.25) is 5.91 Å². The number of rotatable bonds is 8. The van der Waals surface area contributed by atoms with Crippen LogP contribution in [0.3, 0.4) is 0 Å². The van der Waals surface area contributed by atoms with Crippen molar-refractivity contribution < 1.29 is 18.7 Å². The third kappa shape index (κ3) is 6.33. The molecule has 2 aliphatic rings. The number of carbonyl (C=O) groups is 2. The Morgan fingerprint density at radius 2 is 2.03 bits per heavy atom. The van der Waals surface area contributed by atoms with Crippen LogP contribution in [0.25, 0.3) is 11.1 Å². The fourth-order valence-electron chi connectivity index (χ4n) is 3.93. The highest BCUT2D eigenvalue weighted by molar-refractivity contribution is 5.90. The Morgan fingerprint density at radius 3 is 2.77 bits per heavy atom. The quantitative estimate of drug-likeness (QED) is 0.541. The fraction of sp³-hybridized carbons (Fsp3) is 0.269. The summed E-state index contributed by atoms with van der Waals surface area (Å²) in [7, 11) is 0. The number of amides is 2. The van der Waals surface area contributed by atoms with Crippen molar-refractivity contribution in [2.75, 3.05) is 24.5 Å². The van der Waals surface area contributed by atoms with Crippen LogP contribution in [0.4, 0.5) is 14.9 Å². The average Bonchev–Trinajstić information content (AvgIpc) is 3.08. The maximum atomic E-state index is 15.0. The van der Waals surface area contributed by atoms with Crippen molar-refractivity contribution in [2.45, 2.75) is 26.0 Å². The minimum Gasteiger partial charge on any atom is -0.442 e. The van der Waals surface area contributed by atoms with Gasteiger partial charge >= 0.3 is 6.09 Å². The maximum absolute atomic E-state index is 15.0. The number of benzene rings is 2. The molecule has 1 unspecified atom stereocenters. The van der Waals surface area contributed by atoms with Gasteiger partial charge in [-0.1, -0.05) is 24.3 Å². The molecule has 0 saturated carbocycles. The van der Waals surface area contributed by atoms with E-state index in [1.54, 1.807) is 24.4 Å². The van der Waals surface area contributed by atoms with Crippen LogP contribution >= 0.6 is 0 Å². The van der Waals surface area contributed by atoms with E-state index in [0.717, 1.165) is 22.4 Å². The van der Waals surface area contributed by atoms with Crippen molar-refractivity contribution in [3.63, 3.8) is 0 Å². The van der Waals surface area contributed by atoms with Gasteiger partial charge in [0.05, 0.1) is 18.8 Å². The number of nitrogens with one attached hydrogen (secondary N) is 2. The van der Waals surface area contributed by atoms with E-state index in [1.807, 2.05) is 30.5 Å². The van der Waals surface area contributed by atoms with Crippen LogP contribution in [0.2, 0.25) is 0 Å². The SMILES string of the molecule is CC(=O)NCC1CN(c2ccc(-c3ccc(CNCC4=CN=CC=C(N)C4)cc3)c(F)c2)C(=O)O1. The van der Waals surface area contributed by atoms with Crippen LogP contribution in [-0.2, 0) is 16.1 Å². The zero-order valence-corrected chi connectivity index (χ0v) is 19.5. The van der Waals surface area contributed by atoms with Gasteiger partial charge in [-0.2, -0.15) is 0 Å². The summed E-state index contributed by atoms with van der Waals surface area (Å²) in [4.78, 5) is 28.8. The number of anilines is 1. The van der Waals surface area contributed by atoms with Gasteiger partial charge in [-0.3, -0.25) is 14.7 Å². The summed E-state index contributed by atoms with van der Waals surface area (Å²) in [5.41, 5.74) is 10.5. The molecule has 0 aromatic heterocycles. The number of nitrogens with two attached hydrogens (primary N) is 1. The topological polar surface area (TPSA) is 109 Å². The Labute approximate surface area is 203 Å². The summed E-state index contributed by atoms with van der Waals surface area (Å²) in [6.45, 7) is 3.19. The first kappa shape index (κ1) is 24.2. The third-order valence-electron chi connectivity index (χ3n) is 5.73. The molecular weight excluding hydrogens is 449 g/mol.